The van der Waals surface area contributed by atoms with E-state index < -0.39 is 21.5 Å². The molecule has 1 unspecified atom stereocenters. The molecule has 1 aliphatic heterocycles. The highest BCUT2D eigenvalue weighted by Crippen LogP contribution is 2.20. The predicted molar refractivity (Wildman–Crippen MR) is 79.0 cm³/mol. The minimum absolute atomic E-state index is 0.0267. The molecule has 1 saturated heterocycles. The largest absolute Gasteiger partial charge is 0.363 e. The Labute approximate surface area is 129 Å². The quantitative estimate of drug-likeness (QED) is 0.872. The summed E-state index contributed by atoms with van der Waals surface area (Å²) in [5.74, 6) is -0.744. The third-order valence-electron chi connectivity index (χ3n) is 3.56. The van der Waals surface area contributed by atoms with Crippen LogP contribution in [0.3, 0.4) is 0 Å². The summed E-state index contributed by atoms with van der Waals surface area (Å²) in [6.07, 6.45) is 1.11. The second-order valence-corrected chi connectivity index (χ2v) is 7.47. The molecule has 0 spiro atoms. The summed E-state index contributed by atoms with van der Waals surface area (Å²) in [7, 11) is -3.37. The van der Waals surface area contributed by atoms with Gasteiger partial charge in [-0.05, 0) is 24.6 Å². The molecule has 6 nitrogen and oxygen atoms in total. The smallest absolute Gasteiger partial charge is 0.253 e. The molecule has 2 rings (SSSR count). The molecule has 8 heteroatoms. The number of nitrogens with one attached hydrogen (secondary N) is 1. The van der Waals surface area contributed by atoms with Gasteiger partial charge in [-0.1, -0.05) is 12.1 Å². The number of hydrogen-bond acceptors (Lipinski definition) is 4. The van der Waals surface area contributed by atoms with Gasteiger partial charge in [0.15, 0.2) is 5.60 Å². The molecule has 0 radical (unpaired) electrons. The minimum Gasteiger partial charge on any atom is -0.363 e. The molecule has 1 N–H and O–H groups in total. The Bertz CT molecular complexity index is 647. The molecule has 1 aliphatic rings. The van der Waals surface area contributed by atoms with Crippen LogP contribution in [-0.2, 0) is 26.1 Å². The maximum Gasteiger partial charge on any atom is 0.253 e. The number of rotatable bonds is 4. The molecule has 122 valence electrons. The monoisotopic (exact) mass is 330 g/mol. The van der Waals surface area contributed by atoms with E-state index in [0.29, 0.717) is 0 Å². The van der Waals surface area contributed by atoms with E-state index in [-0.39, 0.29) is 32.1 Å². The van der Waals surface area contributed by atoms with Gasteiger partial charge in [-0.15, -0.1) is 0 Å². The van der Waals surface area contributed by atoms with Gasteiger partial charge in [0.1, 0.15) is 5.82 Å². The number of nitrogens with zero attached hydrogens (tertiary/aromatic N) is 1. The Hall–Kier alpha value is -1.51. The van der Waals surface area contributed by atoms with E-state index in [1.54, 1.807) is 19.1 Å². The summed E-state index contributed by atoms with van der Waals surface area (Å²) in [6, 6.07) is 5.77. The average molecular weight is 330 g/mol. The second kappa shape index (κ2) is 6.31. The molecule has 0 aliphatic carbocycles. The molecule has 1 heterocycles. The number of sulfonamides is 1. The van der Waals surface area contributed by atoms with Crippen molar-refractivity contribution in [3.8, 4) is 0 Å². The van der Waals surface area contributed by atoms with Crippen molar-refractivity contribution in [1.29, 1.82) is 0 Å². The van der Waals surface area contributed by atoms with Gasteiger partial charge in [-0.25, -0.2) is 12.8 Å². The number of halogens is 1. The van der Waals surface area contributed by atoms with Gasteiger partial charge in [0.05, 0.1) is 19.4 Å². The van der Waals surface area contributed by atoms with Crippen molar-refractivity contribution in [3.63, 3.8) is 0 Å². The maximum atomic E-state index is 12.8. The SMILES string of the molecule is CC1(C(=O)NCc2ccc(F)cc2)CN(S(C)(=O)=O)CCO1. The van der Waals surface area contributed by atoms with Crippen molar-refractivity contribution >= 4 is 15.9 Å². The summed E-state index contributed by atoms with van der Waals surface area (Å²) in [5.41, 5.74) is -0.490. The molecule has 1 fully saturated rings. The van der Waals surface area contributed by atoms with Crippen molar-refractivity contribution in [1.82, 2.24) is 9.62 Å². The highest BCUT2D eigenvalue weighted by atomic mass is 32.2. The molecule has 0 saturated carbocycles. The number of hydrogen-bond donors (Lipinski definition) is 1. The van der Waals surface area contributed by atoms with Crippen molar-refractivity contribution < 1.29 is 22.3 Å². The first-order valence-corrected chi connectivity index (χ1v) is 8.67. The third kappa shape index (κ3) is 4.02. The van der Waals surface area contributed by atoms with Crippen molar-refractivity contribution in [2.24, 2.45) is 0 Å². The number of amides is 1. The molecular formula is C14H19FN2O4S. The van der Waals surface area contributed by atoms with Crippen LogP contribution in [0, 0.1) is 5.82 Å². The number of ether oxygens (including phenoxy) is 1. The first-order valence-electron chi connectivity index (χ1n) is 6.82. The first kappa shape index (κ1) is 16.9. The lowest BCUT2D eigenvalue weighted by Crippen LogP contribution is -2.59. The lowest BCUT2D eigenvalue weighted by atomic mass is 10.0. The highest BCUT2D eigenvalue weighted by Gasteiger charge is 2.41. The van der Waals surface area contributed by atoms with E-state index in [0.717, 1.165) is 11.8 Å². The van der Waals surface area contributed by atoms with Crippen LogP contribution < -0.4 is 5.32 Å². The van der Waals surface area contributed by atoms with E-state index in [1.165, 1.54) is 16.4 Å². The molecule has 22 heavy (non-hydrogen) atoms. The van der Waals surface area contributed by atoms with Gasteiger partial charge < -0.3 is 10.1 Å². The van der Waals surface area contributed by atoms with Crippen LogP contribution in [0.15, 0.2) is 24.3 Å². The standard InChI is InChI=1S/C14H19FN2O4S/c1-14(10-17(7-8-21-14)22(2,19)20)13(18)16-9-11-3-5-12(15)6-4-11/h3-6H,7-10H2,1-2H3,(H,16,18). The topological polar surface area (TPSA) is 75.7 Å². The molecule has 1 aromatic carbocycles. The second-order valence-electron chi connectivity index (χ2n) is 5.49. The lowest BCUT2D eigenvalue weighted by molar-refractivity contribution is -0.152. The minimum atomic E-state index is -3.37. The third-order valence-corrected chi connectivity index (χ3v) is 4.80. The van der Waals surface area contributed by atoms with E-state index >= 15 is 0 Å². The Kier molecular flexibility index (Phi) is 4.84. The predicted octanol–water partition coefficient (Wildman–Crippen LogP) is 0.492. The van der Waals surface area contributed by atoms with Gasteiger partial charge in [0.25, 0.3) is 5.91 Å². The zero-order chi connectivity index (χ0) is 16.4. The van der Waals surface area contributed by atoms with E-state index in [2.05, 4.69) is 5.32 Å². The Balaban J connectivity index is 2.00. The molecule has 0 bridgehead atoms. The Morgan fingerprint density at radius 3 is 2.64 bits per heavy atom. The van der Waals surface area contributed by atoms with Gasteiger partial charge in [0.2, 0.25) is 10.0 Å². The zero-order valence-electron chi connectivity index (χ0n) is 12.5. The van der Waals surface area contributed by atoms with Crippen LogP contribution in [0.25, 0.3) is 0 Å². The fourth-order valence-electron chi connectivity index (χ4n) is 2.23. The fourth-order valence-corrected chi connectivity index (χ4v) is 3.11. The fraction of sp³-hybridized carbons (Fsp3) is 0.500. The summed E-state index contributed by atoms with van der Waals surface area (Å²) in [6.45, 7) is 2.15. The number of morpholine rings is 1. The van der Waals surface area contributed by atoms with Gasteiger partial charge in [-0.2, -0.15) is 4.31 Å². The van der Waals surface area contributed by atoms with Crippen LogP contribution in [0.4, 0.5) is 4.39 Å². The summed E-state index contributed by atoms with van der Waals surface area (Å²) in [5, 5.41) is 2.69. The van der Waals surface area contributed by atoms with E-state index in [4.69, 9.17) is 4.74 Å². The van der Waals surface area contributed by atoms with Crippen LogP contribution >= 0.6 is 0 Å². The normalized spacial score (nSPS) is 23.2. The number of benzene rings is 1. The van der Waals surface area contributed by atoms with Gasteiger partial charge in [-0.3, -0.25) is 4.79 Å². The number of carbonyl (C=O) groups is 1. The molecule has 1 amide bonds. The summed E-state index contributed by atoms with van der Waals surface area (Å²) in [4.78, 5) is 12.3. The van der Waals surface area contributed by atoms with Gasteiger partial charge >= 0.3 is 0 Å². The Morgan fingerprint density at radius 1 is 1.41 bits per heavy atom. The molecular weight excluding hydrogens is 311 g/mol. The van der Waals surface area contributed by atoms with E-state index in [1.807, 2.05) is 0 Å². The van der Waals surface area contributed by atoms with Crippen LogP contribution in [0.2, 0.25) is 0 Å². The average Bonchev–Trinajstić information content (AvgIpc) is 2.45. The van der Waals surface area contributed by atoms with Gasteiger partial charge in [0, 0.05) is 13.1 Å². The summed E-state index contributed by atoms with van der Waals surface area (Å²) >= 11 is 0. The van der Waals surface area contributed by atoms with Crippen molar-refractivity contribution in [3.05, 3.63) is 35.6 Å². The van der Waals surface area contributed by atoms with Crippen LogP contribution in [0.5, 0.6) is 0 Å². The maximum absolute atomic E-state index is 12.8. The van der Waals surface area contributed by atoms with Crippen LogP contribution in [-0.4, -0.2) is 50.2 Å². The number of carbonyl (C=O) groups excluding carboxylic acids is 1. The summed E-state index contributed by atoms with van der Waals surface area (Å²) < 4.78 is 42.8. The zero-order valence-corrected chi connectivity index (χ0v) is 13.3. The molecule has 1 atom stereocenters. The Morgan fingerprint density at radius 2 is 2.05 bits per heavy atom. The van der Waals surface area contributed by atoms with Crippen LogP contribution in [0.1, 0.15) is 12.5 Å². The molecule has 1 aromatic rings. The van der Waals surface area contributed by atoms with Crippen molar-refractivity contribution in [2.45, 2.75) is 19.1 Å². The van der Waals surface area contributed by atoms with E-state index in [9.17, 15) is 17.6 Å². The molecule has 0 aromatic heterocycles. The highest BCUT2D eigenvalue weighted by molar-refractivity contribution is 7.88. The first-order chi connectivity index (χ1) is 10.2. The lowest BCUT2D eigenvalue weighted by Gasteiger charge is -2.37. The van der Waals surface area contributed by atoms with Crippen molar-refractivity contribution in [2.75, 3.05) is 26.0 Å².